The van der Waals surface area contributed by atoms with E-state index >= 15 is 0 Å². The van der Waals surface area contributed by atoms with E-state index in [9.17, 15) is 9.59 Å². The lowest BCUT2D eigenvalue weighted by atomic mass is 9.82. The zero-order chi connectivity index (χ0) is 13.8. The molecule has 1 amide bonds. The number of carbonyl (C=O) groups excluding carboxylic acids is 1. The van der Waals surface area contributed by atoms with Gasteiger partial charge in [-0.2, -0.15) is 0 Å². The average molecular weight is 249 g/mol. The number of hydrogen-bond donors (Lipinski definition) is 2. The van der Waals surface area contributed by atoms with E-state index in [0.717, 1.165) is 5.56 Å². The molecule has 0 fully saturated rings. The van der Waals surface area contributed by atoms with Crippen molar-refractivity contribution >= 4 is 11.9 Å². The van der Waals surface area contributed by atoms with Crippen molar-refractivity contribution in [2.75, 3.05) is 0 Å². The molecule has 0 aliphatic heterocycles. The van der Waals surface area contributed by atoms with E-state index in [0.29, 0.717) is 0 Å². The lowest BCUT2D eigenvalue weighted by Crippen LogP contribution is -2.37. The third-order valence-corrected chi connectivity index (χ3v) is 2.62. The van der Waals surface area contributed by atoms with Crippen LogP contribution in [0.5, 0.6) is 0 Å². The second-order valence-electron chi connectivity index (χ2n) is 5.35. The molecule has 1 rings (SSSR count). The molecule has 1 unspecified atom stereocenters. The first kappa shape index (κ1) is 14.2. The molecule has 0 aliphatic rings. The first-order valence-corrected chi connectivity index (χ1v) is 5.87. The number of carboxylic acid groups (broad SMARTS) is 1. The fraction of sp³-hybridized carbons (Fsp3) is 0.429. The maximum absolute atomic E-state index is 11.6. The Morgan fingerprint density at radius 3 is 2.22 bits per heavy atom. The Morgan fingerprint density at radius 2 is 1.78 bits per heavy atom. The van der Waals surface area contributed by atoms with Gasteiger partial charge in [0.2, 0.25) is 5.91 Å². The Balaban J connectivity index is 2.88. The van der Waals surface area contributed by atoms with Gasteiger partial charge in [-0.3, -0.25) is 9.59 Å². The number of aliphatic carboxylic acids is 1. The molecule has 18 heavy (non-hydrogen) atoms. The van der Waals surface area contributed by atoms with E-state index in [2.05, 4.69) is 5.32 Å². The quantitative estimate of drug-likeness (QED) is 0.805. The summed E-state index contributed by atoms with van der Waals surface area (Å²) in [5, 5.41) is 11.4. The van der Waals surface area contributed by atoms with E-state index < -0.39 is 18.3 Å². The minimum absolute atomic E-state index is 0.185. The first-order chi connectivity index (χ1) is 8.30. The molecule has 2 N–H and O–H groups in total. The SMILES string of the molecule is CC(C)(C)C(NC(=O)CC(=O)O)c1ccccc1. The van der Waals surface area contributed by atoms with Crippen molar-refractivity contribution in [2.45, 2.75) is 33.2 Å². The molecule has 0 radical (unpaired) electrons. The van der Waals surface area contributed by atoms with Gasteiger partial charge in [0, 0.05) is 0 Å². The summed E-state index contributed by atoms with van der Waals surface area (Å²) in [6.45, 7) is 6.02. The van der Waals surface area contributed by atoms with Crippen LogP contribution in [-0.4, -0.2) is 17.0 Å². The van der Waals surface area contributed by atoms with Gasteiger partial charge >= 0.3 is 5.97 Å². The molecule has 0 aliphatic carbocycles. The van der Waals surface area contributed by atoms with Crippen LogP contribution in [0.3, 0.4) is 0 Å². The number of carbonyl (C=O) groups is 2. The normalized spacial score (nSPS) is 12.8. The van der Waals surface area contributed by atoms with Gasteiger partial charge in [-0.15, -0.1) is 0 Å². The van der Waals surface area contributed by atoms with Crippen molar-refractivity contribution in [1.29, 1.82) is 0 Å². The lowest BCUT2D eigenvalue weighted by molar-refractivity contribution is -0.141. The summed E-state index contributed by atoms with van der Waals surface area (Å²) in [7, 11) is 0. The Kier molecular flexibility index (Phi) is 4.48. The van der Waals surface area contributed by atoms with Gasteiger partial charge in [-0.05, 0) is 11.0 Å². The monoisotopic (exact) mass is 249 g/mol. The molecular weight excluding hydrogens is 230 g/mol. The maximum atomic E-state index is 11.6. The van der Waals surface area contributed by atoms with Gasteiger partial charge in [0.1, 0.15) is 6.42 Å². The number of amides is 1. The average Bonchev–Trinajstić information content (AvgIpc) is 2.24. The molecule has 98 valence electrons. The summed E-state index contributed by atoms with van der Waals surface area (Å²) < 4.78 is 0. The first-order valence-electron chi connectivity index (χ1n) is 5.87. The van der Waals surface area contributed by atoms with Gasteiger partial charge in [-0.25, -0.2) is 0 Å². The number of rotatable bonds is 4. The summed E-state index contributed by atoms with van der Waals surface area (Å²) in [5.74, 6) is -1.58. The molecule has 4 nitrogen and oxygen atoms in total. The van der Waals surface area contributed by atoms with Crippen molar-refractivity contribution in [3.8, 4) is 0 Å². The van der Waals surface area contributed by atoms with Gasteiger partial charge in [0.05, 0.1) is 6.04 Å². The van der Waals surface area contributed by atoms with Crippen LogP contribution < -0.4 is 5.32 Å². The number of carboxylic acids is 1. The molecule has 0 spiro atoms. The molecule has 1 atom stereocenters. The van der Waals surface area contributed by atoms with Crippen LogP contribution in [0.2, 0.25) is 0 Å². The van der Waals surface area contributed by atoms with E-state index in [1.165, 1.54) is 0 Å². The second-order valence-corrected chi connectivity index (χ2v) is 5.35. The lowest BCUT2D eigenvalue weighted by Gasteiger charge is -2.31. The minimum Gasteiger partial charge on any atom is -0.481 e. The van der Waals surface area contributed by atoms with Crippen LogP contribution in [0, 0.1) is 5.41 Å². The fourth-order valence-corrected chi connectivity index (χ4v) is 1.79. The molecule has 0 saturated heterocycles. The Morgan fingerprint density at radius 1 is 1.22 bits per heavy atom. The van der Waals surface area contributed by atoms with Crippen LogP contribution in [0.25, 0.3) is 0 Å². The molecule has 0 bridgehead atoms. The topological polar surface area (TPSA) is 66.4 Å². The Hall–Kier alpha value is -1.84. The van der Waals surface area contributed by atoms with Crippen molar-refractivity contribution in [2.24, 2.45) is 5.41 Å². The van der Waals surface area contributed by atoms with Crippen LogP contribution in [0.4, 0.5) is 0 Å². The summed E-state index contributed by atoms with van der Waals surface area (Å²) in [4.78, 5) is 22.1. The maximum Gasteiger partial charge on any atom is 0.312 e. The number of nitrogens with one attached hydrogen (secondary N) is 1. The molecule has 1 aromatic rings. The summed E-state index contributed by atoms with van der Waals surface area (Å²) in [6.07, 6.45) is -0.501. The zero-order valence-corrected chi connectivity index (χ0v) is 10.9. The number of benzene rings is 1. The minimum atomic E-state index is -1.12. The van der Waals surface area contributed by atoms with E-state index in [1.807, 2.05) is 51.1 Å². The standard InChI is InChI=1S/C14H19NO3/c1-14(2,3)13(10-7-5-4-6-8-10)15-11(16)9-12(17)18/h4-8,13H,9H2,1-3H3,(H,15,16)(H,17,18). The van der Waals surface area contributed by atoms with Gasteiger partial charge in [-0.1, -0.05) is 51.1 Å². The Labute approximate surface area is 107 Å². The van der Waals surface area contributed by atoms with Gasteiger partial charge in [0.25, 0.3) is 0 Å². The van der Waals surface area contributed by atoms with Crippen molar-refractivity contribution in [3.05, 3.63) is 35.9 Å². The van der Waals surface area contributed by atoms with Crippen LogP contribution in [0.15, 0.2) is 30.3 Å². The van der Waals surface area contributed by atoms with Crippen molar-refractivity contribution in [1.82, 2.24) is 5.32 Å². The molecular formula is C14H19NO3. The van der Waals surface area contributed by atoms with Crippen LogP contribution in [0.1, 0.15) is 38.8 Å². The number of hydrogen-bond acceptors (Lipinski definition) is 2. The highest BCUT2D eigenvalue weighted by molar-refractivity contribution is 5.93. The molecule has 0 saturated carbocycles. The predicted octanol–water partition coefficient (Wildman–Crippen LogP) is 2.36. The second kappa shape index (κ2) is 5.67. The molecule has 0 aromatic heterocycles. The van der Waals surface area contributed by atoms with Crippen LogP contribution >= 0.6 is 0 Å². The highest BCUT2D eigenvalue weighted by atomic mass is 16.4. The molecule has 1 aromatic carbocycles. The van der Waals surface area contributed by atoms with E-state index in [-0.39, 0.29) is 11.5 Å². The largest absolute Gasteiger partial charge is 0.481 e. The van der Waals surface area contributed by atoms with Crippen molar-refractivity contribution < 1.29 is 14.7 Å². The smallest absolute Gasteiger partial charge is 0.312 e. The summed E-state index contributed by atoms with van der Waals surface area (Å²) >= 11 is 0. The highest BCUT2D eigenvalue weighted by Crippen LogP contribution is 2.32. The Bertz CT molecular complexity index is 420. The summed E-state index contributed by atoms with van der Waals surface area (Å²) in [6, 6.07) is 9.36. The summed E-state index contributed by atoms with van der Waals surface area (Å²) in [5.41, 5.74) is 0.791. The third-order valence-electron chi connectivity index (χ3n) is 2.62. The fourth-order valence-electron chi connectivity index (χ4n) is 1.79. The third kappa shape index (κ3) is 4.20. The molecule has 4 heteroatoms. The molecule has 0 heterocycles. The van der Waals surface area contributed by atoms with E-state index in [1.54, 1.807) is 0 Å². The zero-order valence-electron chi connectivity index (χ0n) is 10.9. The highest BCUT2D eigenvalue weighted by Gasteiger charge is 2.28. The van der Waals surface area contributed by atoms with E-state index in [4.69, 9.17) is 5.11 Å². The van der Waals surface area contributed by atoms with Crippen LogP contribution in [-0.2, 0) is 9.59 Å². The predicted molar refractivity (Wildman–Crippen MR) is 69.0 cm³/mol. The van der Waals surface area contributed by atoms with Crippen molar-refractivity contribution in [3.63, 3.8) is 0 Å². The van der Waals surface area contributed by atoms with Gasteiger partial charge in [0.15, 0.2) is 0 Å². The van der Waals surface area contributed by atoms with Gasteiger partial charge < -0.3 is 10.4 Å².